The molecule has 0 saturated carbocycles. The molecule has 1 aliphatic rings. The molecular weight excluding hydrogens is 326 g/mol. The van der Waals surface area contributed by atoms with Crippen molar-refractivity contribution in [2.75, 3.05) is 56.2 Å². The molecular formula is C21H35N3O2. The van der Waals surface area contributed by atoms with Crippen LogP contribution in [0.25, 0.3) is 0 Å². The van der Waals surface area contributed by atoms with Crippen molar-refractivity contribution in [3.05, 3.63) is 24.3 Å². The van der Waals surface area contributed by atoms with Crippen molar-refractivity contribution >= 4 is 17.5 Å². The van der Waals surface area contributed by atoms with Gasteiger partial charge in [-0.05, 0) is 30.5 Å². The number of hydrogen-bond donors (Lipinski definition) is 0. The van der Waals surface area contributed by atoms with Gasteiger partial charge in [0.25, 0.3) is 0 Å². The average molecular weight is 362 g/mol. The van der Waals surface area contributed by atoms with Gasteiger partial charge in [0.1, 0.15) is 0 Å². The maximum Gasteiger partial charge on any atom is 0.414 e. The van der Waals surface area contributed by atoms with E-state index >= 15 is 0 Å². The molecule has 1 fully saturated rings. The van der Waals surface area contributed by atoms with Gasteiger partial charge in [0.2, 0.25) is 0 Å². The summed E-state index contributed by atoms with van der Waals surface area (Å²) in [5, 5.41) is 0. The van der Waals surface area contributed by atoms with Gasteiger partial charge < -0.3 is 14.5 Å². The number of rotatable bonds is 5. The molecule has 0 aromatic heterocycles. The highest BCUT2D eigenvalue weighted by Gasteiger charge is 2.26. The maximum atomic E-state index is 12.9. The number of para-hydroxylation sites is 2. The third-order valence-corrected chi connectivity index (χ3v) is 4.41. The summed E-state index contributed by atoms with van der Waals surface area (Å²) in [6.07, 6.45) is -0.254. The molecule has 0 bridgehead atoms. The fourth-order valence-corrected chi connectivity index (χ4v) is 3.00. The van der Waals surface area contributed by atoms with Crippen molar-refractivity contribution in [2.24, 2.45) is 11.3 Å². The highest BCUT2D eigenvalue weighted by atomic mass is 16.6. The molecule has 0 aliphatic carbocycles. The third kappa shape index (κ3) is 5.90. The predicted molar refractivity (Wildman–Crippen MR) is 109 cm³/mol. The minimum atomic E-state index is -0.254. The lowest BCUT2D eigenvalue weighted by Crippen LogP contribution is -2.45. The topological polar surface area (TPSA) is 36.0 Å². The zero-order valence-corrected chi connectivity index (χ0v) is 17.3. The van der Waals surface area contributed by atoms with E-state index in [4.69, 9.17) is 4.74 Å². The number of piperazine rings is 1. The first-order valence-corrected chi connectivity index (χ1v) is 9.64. The highest BCUT2D eigenvalue weighted by Crippen LogP contribution is 2.31. The molecule has 0 atom stereocenters. The molecule has 5 heteroatoms. The Balaban J connectivity index is 2.25. The first-order chi connectivity index (χ1) is 12.2. The van der Waals surface area contributed by atoms with Gasteiger partial charge in [-0.15, -0.1) is 0 Å². The Labute approximate surface area is 158 Å². The number of nitrogens with zero attached hydrogens (tertiary/aromatic N) is 3. The monoisotopic (exact) mass is 361 g/mol. The number of ether oxygens (including phenoxy) is 1. The largest absolute Gasteiger partial charge is 0.449 e. The summed E-state index contributed by atoms with van der Waals surface area (Å²) in [5.41, 5.74) is 2.02. The van der Waals surface area contributed by atoms with Crippen LogP contribution < -0.4 is 9.80 Å². The predicted octanol–water partition coefficient (Wildman–Crippen LogP) is 4.08. The van der Waals surface area contributed by atoms with E-state index in [1.54, 1.807) is 0 Å². The molecule has 1 aliphatic heterocycles. The minimum absolute atomic E-state index is 0.0455. The molecule has 2 rings (SSSR count). The SMILES string of the molecule is CC(C)CN(C(=O)OCC(C)(C)C)c1ccccc1N1CCN(C)CC1. The first kappa shape index (κ1) is 20.6. The summed E-state index contributed by atoms with van der Waals surface area (Å²) in [6.45, 7) is 15.6. The number of likely N-dealkylation sites (N-methyl/N-ethyl adjacent to an activating group) is 1. The van der Waals surface area contributed by atoms with Crippen molar-refractivity contribution in [1.29, 1.82) is 0 Å². The first-order valence-electron chi connectivity index (χ1n) is 9.64. The van der Waals surface area contributed by atoms with Crippen LogP contribution in [0.4, 0.5) is 16.2 Å². The molecule has 0 unspecified atom stereocenters. The smallest absolute Gasteiger partial charge is 0.414 e. The summed E-state index contributed by atoms with van der Waals surface area (Å²) < 4.78 is 5.64. The van der Waals surface area contributed by atoms with Crippen LogP contribution in [0.1, 0.15) is 34.6 Å². The molecule has 26 heavy (non-hydrogen) atoms. The number of hydrogen-bond acceptors (Lipinski definition) is 4. The van der Waals surface area contributed by atoms with Crippen LogP contribution in [-0.2, 0) is 4.74 Å². The molecule has 0 N–H and O–H groups in total. The Bertz CT molecular complexity index is 587. The second-order valence-corrected chi connectivity index (χ2v) is 8.90. The molecule has 1 heterocycles. The molecule has 1 aromatic rings. The van der Waals surface area contributed by atoms with Crippen molar-refractivity contribution in [1.82, 2.24) is 4.90 Å². The zero-order chi connectivity index (χ0) is 19.3. The van der Waals surface area contributed by atoms with Gasteiger partial charge in [-0.2, -0.15) is 0 Å². The van der Waals surface area contributed by atoms with Gasteiger partial charge in [-0.1, -0.05) is 46.8 Å². The van der Waals surface area contributed by atoms with Crippen LogP contribution >= 0.6 is 0 Å². The van der Waals surface area contributed by atoms with Gasteiger partial charge in [0.05, 0.1) is 18.0 Å². The van der Waals surface area contributed by atoms with Crippen LogP contribution in [0.2, 0.25) is 0 Å². The Kier molecular flexibility index (Phi) is 6.93. The second kappa shape index (κ2) is 8.76. The third-order valence-electron chi connectivity index (χ3n) is 4.41. The molecule has 5 nitrogen and oxygen atoms in total. The van der Waals surface area contributed by atoms with Gasteiger partial charge in [-0.25, -0.2) is 4.79 Å². The van der Waals surface area contributed by atoms with Crippen molar-refractivity contribution in [3.8, 4) is 0 Å². The summed E-state index contributed by atoms with van der Waals surface area (Å²) in [4.78, 5) is 19.4. The van der Waals surface area contributed by atoms with Crippen LogP contribution in [0, 0.1) is 11.3 Å². The standard InChI is InChI=1S/C21H35N3O2/c1-17(2)15-24(20(25)26-16-21(3,4)5)19-10-8-7-9-18(19)23-13-11-22(6)12-14-23/h7-10,17H,11-16H2,1-6H3. The van der Waals surface area contributed by atoms with Crippen LogP contribution in [0.5, 0.6) is 0 Å². The number of benzene rings is 1. The van der Waals surface area contributed by atoms with Crippen LogP contribution in [0.15, 0.2) is 24.3 Å². The maximum absolute atomic E-state index is 12.9. The van der Waals surface area contributed by atoms with E-state index in [1.165, 1.54) is 0 Å². The van der Waals surface area contributed by atoms with E-state index in [2.05, 4.69) is 57.5 Å². The van der Waals surface area contributed by atoms with Gasteiger partial charge in [0, 0.05) is 32.7 Å². The van der Waals surface area contributed by atoms with Gasteiger partial charge in [-0.3, -0.25) is 4.90 Å². The van der Waals surface area contributed by atoms with E-state index in [-0.39, 0.29) is 11.5 Å². The fraction of sp³-hybridized carbons (Fsp3) is 0.667. The summed E-state index contributed by atoms with van der Waals surface area (Å²) >= 11 is 0. The normalized spacial score (nSPS) is 16.0. The zero-order valence-electron chi connectivity index (χ0n) is 17.3. The van der Waals surface area contributed by atoms with Crippen molar-refractivity contribution in [2.45, 2.75) is 34.6 Å². The van der Waals surface area contributed by atoms with E-state index in [0.717, 1.165) is 37.6 Å². The summed E-state index contributed by atoms with van der Waals surface area (Å²) in [6, 6.07) is 8.20. The molecule has 0 radical (unpaired) electrons. The van der Waals surface area contributed by atoms with E-state index in [0.29, 0.717) is 19.1 Å². The summed E-state index contributed by atoms with van der Waals surface area (Å²) in [5.74, 6) is 0.359. The Morgan fingerprint density at radius 3 is 2.35 bits per heavy atom. The second-order valence-electron chi connectivity index (χ2n) is 8.90. The lowest BCUT2D eigenvalue weighted by atomic mass is 9.99. The van der Waals surface area contributed by atoms with Crippen molar-refractivity contribution < 1.29 is 9.53 Å². The highest BCUT2D eigenvalue weighted by molar-refractivity contribution is 5.92. The molecule has 0 spiro atoms. The summed E-state index contributed by atoms with van der Waals surface area (Å²) in [7, 11) is 2.15. The number of carbonyl (C=O) groups excluding carboxylic acids is 1. The number of anilines is 2. The Hall–Kier alpha value is -1.75. The van der Waals surface area contributed by atoms with Crippen LogP contribution in [-0.4, -0.2) is 57.4 Å². The average Bonchev–Trinajstić information content (AvgIpc) is 2.57. The number of carbonyl (C=O) groups is 1. The van der Waals surface area contributed by atoms with E-state index in [1.807, 2.05) is 23.1 Å². The van der Waals surface area contributed by atoms with Gasteiger partial charge in [0.15, 0.2) is 0 Å². The van der Waals surface area contributed by atoms with Crippen LogP contribution in [0.3, 0.4) is 0 Å². The molecule has 1 saturated heterocycles. The van der Waals surface area contributed by atoms with Crippen molar-refractivity contribution in [3.63, 3.8) is 0 Å². The number of amides is 1. The lowest BCUT2D eigenvalue weighted by molar-refractivity contribution is 0.112. The Morgan fingerprint density at radius 2 is 1.77 bits per heavy atom. The fourth-order valence-electron chi connectivity index (χ4n) is 3.00. The molecule has 1 aromatic carbocycles. The van der Waals surface area contributed by atoms with E-state index in [9.17, 15) is 4.79 Å². The van der Waals surface area contributed by atoms with Gasteiger partial charge >= 0.3 is 6.09 Å². The molecule has 1 amide bonds. The molecule has 146 valence electrons. The Morgan fingerprint density at radius 1 is 1.15 bits per heavy atom. The van der Waals surface area contributed by atoms with E-state index < -0.39 is 0 Å². The lowest BCUT2D eigenvalue weighted by Gasteiger charge is -2.37. The minimum Gasteiger partial charge on any atom is -0.449 e. The quantitative estimate of drug-likeness (QED) is 0.792.